The summed E-state index contributed by atoms with van der Waals surface area (Å²) in [5.74, 6) is 0.742. The molecule has 0 saturated carbocycles. The highest BCUT2D eigenvalue weighted by atomic mass is 16.2. The van der Waals surface area contributed by atoms with Crippen LogP contribution in [0.25, 0.3) is 10.9 Å². The third kappa shape index (κ3) is 4.57. The fourth-order valence-electron chi connectivity index (χ4n) is 4.76. The van der Waals surface area contributed by atoms with Gasteiger partial charge < -0.3 is 4.90 Å². The van der Waals surface area contributed by atoms with Gasteiger partial charge in [0.2, 0.25) is 0 Å². The Labute approximate surface area is 188 Å². The van der Waals surface area contributed by atoms with Gasteiger partial charge in [-0.2, -0.15) is 5.10 Å². The molecule has 0 radical (unpaired) electrons. The fourth-order valence-corrected chi connectivity index (χ4v) is 4.76. The summed E-state index contributed by atoms with van der Waals surface area (Å²) in [6.45, 7) is 2.25. The van der Waals surface area contributed by atoms with Crippen molar-refractivity contribution in [2.75, 3.05) is 13.1 Å². The Hall–Kier alpha value is -3.47. The second kappa shape index (κ2) is 9.35. The average molecular weight is 425 g/mol. The van der Waals surface area contributed by atoms with Crippen LogP contribution in [0.1, 0.15) is 40.7 Å². The monoisotopic (exact) mass is 424 g/mol. The summed E-state index contributed by atoms with van der Waals surface area (Å²) < 4.78 is 1.86. The Bertz CT molecular complexity index is 1200. The predicted molar refractivity (Wildman–Crippen MR) is 126 cm³/mol. The Morgan fingerprint density at radius 3 is 2.81 bits per heavy atom. The van der Waals surface area contributed by atoms with E-state index in [-0.39, 0.29) is 5.91 Å². The lowest BCUT2D eigenvalue weighted by atomic mass is 9.92. The molecule has 5 nitrogen and oxygen atoms in total. The van der Waals surface area contributed by atoms with Crippen LogP contribution >= 0.6 is 0 Å². The smallest absolute Gasteiger partial charge is 0.254 e. The van der Waals surface area contributed by atoms with Crippen molar-refractivity contribution in [3.8, 4) is 0 Å². The molecule has 1 fully saturated rings. The summed E-state index contributed by atoms with van der Waals surface area (Å²) in [6, 6.07) is 20.5. The van der Waals surface area contributed by atoms with E-state index in [9.17, 15) is 4.79 Å². The Balaban J connectivity index is 1.25. The number of pyridine rings is 1. The van der Waals surface area contributed by atoms with Gasteiger partial charge in [-0.25, -0.2) is 0 Å². The standard InChI is InChI=1S/C27H28N4O/c32-27(25-9-2-1-7-24(25)20-31-16-5-14-29-31)30-15-4-6-21(12-17-30)18-22-10-11-26-23(19-22)8-3-13-28-26/h1-3,5,7-11,13-14,16,19,21H,4,6,12,15,17-18,20H2/t21-/m1/s1. The normalized spacial score (nSPS) is 16.8. The van der Waals surface area contributed by atoms with Crippen LogP contribution in [0.15, 0.2) is 79.3 Å². The maximum absolute atomic E-state index is 13.4. The molecule has 1 aliphatic heterocycles. The van der Waals surface area contributed by atoms with E-state index in [0.717, 1.165) is 55.4 Å². The molecule has 162 valence electrons. The van der Waals surface area contributed by atoms with Crippen LogP contribution in [0.3, 0.4) is 0 Å². The summed E-state index contributed by atoms with van der Waals surface area (Å²) >= 11 is 0. The molecular weight excluding hydrogens is 396 g/mol. The highest BCUT2D eigenvalue weighted by Gasteiger charge is 2.23. The van der Waals surface area contributed by atoms with E-state index in [2.05, 4.69) is 34.3 Å². The molecule has 1 atom stereocenters. The molecule has 0 aliphatic carbocycles. The molecule has 1 saturated heterocycles. The van der Waals surface area contributed by atoms with E-state index in [1.807, 2.05) is 58.4 Å². The van der Waals surface area contributed by atoms with Crippen molar-refractivity contribution in [3.05, 3.63) is 95.9 Å². The zero-order valence-electron chi connectivity index (χ0n) is 18.2. The average Bonchev–Trinajstić information content (AvgIpc) is 3.23. The lowest BCUT2D eigenvalue weighted by molar-refractivity contribution is 0.0758. The summed E-state index contributed by atoms with van der Waals surface area (Å²) in [5, 5.41) is 5.49. The van der Waals surface area contributed by atoms with Crippen molar-refractivity contribution in [1.29, 1.82) is 0 Å². The van der Waals surface area contributed by atoms with E-state index in [0.29, 0.717) is 12.5 Å². The quantitative estimate of drug-likeness (QED) is 0.455. The van der Waals surface area contributed by atoms with Gasteiger partial charge in [-0.05, 0) is 73.1 Å². The number of aromatic nitrogens is 3. The zero-order chi connectivity index (χ0) is 21.8. The second-order valence-corrected chi connectivity index (χ2v) is 8.68. The van der Waals surface area contributed by atoms with Crippen molar-refractivity contribution in [2.24, 2.45) is 5.92 Å². The molecule has 0 unspecified atom stereocenters. The molecular formula is C27H28N4O. The number of nitrogens with zero attached hydrogens (tertiary/aromatic N) is 4. The lowest BCUT2D eigenvalue weighted by Gasteiger charge is -2.22. The van der Waals surface area contributed by atoms with Crippen molar-refractivity contribution in [1.82, 2.24) is 19.7 Å². The Morgan fingerprint density at radius 2 is 1.91 bits per heavy atom. The van der Waals surface area contributed by atoms with Crippen molar-refractivity contribution < 1.29 is 4.79 Å². The highest BCUT2D eigenvalue weighted by molar-refractivity contribution is 5.95. The third-order valence-corrected chi connectivity index (χ3v) is 6.47. The molecule has 1 amide bonds. The van der Waals surface area contributed by atoms with Gasteiger partial charge in [0, 0.05) is 42.6 Å². The summed E-state index contributed by atoms with van der Waals surface area (Å²) in [5.41, 5.74) is 4.22. The molecule has 1 aliphatic rings. The molecule has 0 N–H and O–H groups in total. The first-order valence-corrected chi connectivity index (χ1v) is 11.4. The van der Waals surface area contributed by atoms with Crippen LogP contribution in [-0.4, -0.2) is 38.7 Å². The zero-order valence-corrected chi connectivity index (χ0v) is 18.2. The molecule has 2 aromatic heterocycles. The number of likely N-dealkylation sites (tertiary alicyclic amines) is 1. The second-order valence-electron chi connectivity index (χ2n) is 8.68. The van der Waals surface area contributed by atoms with Crippen LogP contribution in [0.4, 0.5) is 0 Å². The summed E-state index contributed by atoms with van der Waals surface area (Å²) in [6.07, 6.45) is 9.84. The van der Waals surface area contributed by atoms with Crippen LogP contribution < -0.4 is 0 Å². The molecule has 5 heteroatoms. The van der Waals surface area contributed by atoms with Crippen LogP contribution in [-0.2, 0) is 13.0 Å². The minimum Gasteiger partial charge on any atom is -0.339 e. The van der Waals surface area contributed by atoms with Crippen LogP contribution in [0.2, 0.25) is 0 Å². The summed E-state index contributed by atoms with van der Waals surface area (Å²) in [4.78, 5) is 19.9. The molecule has 5 rings (SSSR count). The minimum absolute atomic E-state index is 0.144. The molecule has 3 heterocycles. The number of rotatable bonds is 5. The van der Waals surface area contributed by atoms with E-state index in [1.54, 1.807) is 6.20 Å². The van der Waals surface area contributed by atoms with Gasteiger partial charge in [-0.15, -0.1) is 0 Å². The number of benzene rings is 2. The van der Waals surface area contributed by atoms with E-state index in [1.165, 1.54) is 10.9 Å². The van der Waals surface area contributed by atoms with Gasteiger partial charge >= 0.3 is 0 Å². The van der Waals surface area contributed by atoms with Gasteiger partial charge in [0.1, 0.15) is 0 Å². The third-order valence-electron chi connectivity index (χ3n) is 6.47. The number of carbonyl (C=O) groups is 1. The lowest BCUT2D eigenvalue weighted by Crippen LogP contribution is -2.33. The molecule has 32 heavy (non-hydrogen) atoms. The number of fused-ring (bicyclic) bond motifs is 1. The topological polar surface area (TPSA) is 51.0 Å². The Morgan fingerprint density at radius 1 is 0.969 bits per heavy atom. The Kier molecular flexibility index (Phi) is 5.97. The maximum atomic E-state index is 13.4. The van der Waals surface area contributed by atoms with E-state index in [4.69, 9.17) is 0 Å². The molecule has 4 aromatic rings. The first-order valence-electron chi connectivity index (χ1n) is 11.4. The van der Waals surface area contributed by atoms with E-state index >= 15 is 0 Å². The van der Waals surface area contributed by atoms with Gasteiger partial charge in [-0.3, -0.25) is 14.5 Å². The first-order chi connectivity index (χ1) is 15.8. The molecule has 2 aromatic carbocycles. The minimum atomic E-state index is 0.144. The molecule has 0 bridgehead atoms. The highest BCUT2D eigenvalue weighted by Crippen LogP contribution is 2.25. The van der Waals surface area contributed by atoms with E-state index < -0.39 is 0 Å². The number of carbonyl (C=O) groups excluding carboxylic acids is 1. The summed E-state index contributed by atoms with van der Waals surface area (Å²) in [7, 11) is 0. The fraction of sp³-hybridized carbons (Fsp3) is 0.296. The SMILES string of the molecule is O=C(c1ccccc1Cn1cccn1)N1CCC[C@@H](Cc2ccc3ncccc3c2)CC1. The van der Waals surface area contributed by atoms with Crippen LogP contribution in [0, 0.1) is 5.92 Å². The van der Waals surface area contributed by atoms with Gasteiger partial charge in [0.25, 0.3) is 5.91 Å². The predicted octanol–water partition coefficient (Wildman–Crippen LogP) is 4.96. The van der Waals surface area contributed by atoms with Crippen molar-refractivity contribution in [3.63, 3.8) is 0 Å². The largest absolute Gasteiger partial charge is 0.339 e. The van der Waals surface area contributed by atoms with Crippen LogP contribution in [0.5, 0.6) is 0 Å². The van der Waals surface area contributed by atoms with Crippen molar-refractivity contribution in [2.45, 2.75) is 32.2 Å². The maximum Gasteiger partial charge on any atom is 0.254 e. The number of hydrogen-bond acceptors (Lipinski definition) is 3. The van der Waals surface area contributed by atoms with Gasteiger partial charge in [0.15, 0.2) is 0 Å². The number of amides is 1. The molecule has 0 spiro atoms. The van der Waals surface area contributed by atoms with Gasteiger partial charge in [0.05, 0.1) is 12.1 Å². The number of hydrogen-bond donors (Lipinski definition) is 0. The van der Waals surface area contributed by atoms with Gasteiger partial charge in [-0.1, -0.05) is 30.3 Å². The van der Waals surface area contributed by atoms with Crippen molar-refractivity contribution >= 4 is 16.8 Å². The first kappa shape index (κ1) is 20.4.